The predicted octanol–water partition coefficient (Wildman–Crippen LogP) is 2.54. The molecule has 1 atom stereocenters. The molecule has 1 aliphatic carbocycles. The molecule has 5 heteroatoms. The molecule has 0 amide bonds. The third-order valence-corrected chi connectivity index (χ3v) is 3.70. The van der Waals surface area contributed by atoms with Gasteiger partial charge in [0.15, 0.2) is 0 Å². The van der Waals surface area contributed by atoms with Crippen LogP contribution in [0.25, 0.3) is 0 Å². The van der Waals surface area contributed by atoms with Gasteiger partial charge in [0, 0.05) is 31.1 Å². The maximum Gasteiger partial charge on any atom is 0.136 e. The summed E-state index contributed by atoms with van der Waals surface area (Å²) < 4.78 is 0. The van der Waals surface area contributed by atoms with Gasteiger partial charge in [0.1, 0.15) is 17.5 Å². The number of hydrogen-bond acceptors (Lipinski definition) is 5. The molecule has 2 N–H and O–H groups in total. The van der Waals surface area contributed by atoms with Crippen molar-refractivity contribution in [1.82, 2.24) is 14.9 Å². The van der Waals surface area contributed by atoms with Crippen molar-refractivity contribution in [3.05, 3.63) is 11.9 Å². The van der Waals surface area contributed by atoms with E-state index in [-0.39, 0.29) is 0 Å². The monoisotopic (exact) mass is 277 g/mol. The normalized spacial score (nSPS) is 16.2. The number of likely N-dealkylation sites (N-methyl/N-ethyl adjacent to an activating group) is 1. The lowest BCUT2D eigenvalue weighted by Gasteiger charge is -2.20. The Labute approximate surface area is 122 Å². The average Bonchev–Trinajstić information content (AvgIpc) is 3.26. The Morgan fingerprint density at radius 3 is 2.45 bits per heavy atom. The summed E-state index contributed by atoms with van der Waals surface area (Å²) in [6, 6.07) is 2.49. The lowest BCUT2D eigenvalue weighted by atomic mass is 10.3. The van der Waals surface area contributed by atoms with Crippen LogP contribution in [0.2, 0.25) is 0 Å². The van der Waals surface area contributed by atoms with Gasteiger partial charge in [0.25, 0.3) is 0 Å². The highest BCUT2D eigenvalue weighted by Gasteiger charge is 2.27. The summed E-state index contributed by atoms with van der Waals surface area (Å²) in [7, 11) is 4.19. The highest BCUT2D eigenvalue weighted by molar-refractivity contribution is 5.48. The van der Waals surface area contributed by atoms with E-state index in [9.17, 15) is 0 Å². The van der Waals surface area contributed by atoms with Crippen molar-refractivity contribution in [2.45, 2.75) is 45.1 Å². The molecule has 2 rings (SSSR count). The Kier molecular flexibility index (Phi) is 5.17. The quantitative estimate of drug-likeness (QED) is 0.765. The van der Waals surface area contributed by atoms with E-state index in [2.05, 4.69) is 53.4 Å². The highest BCUT2D eigenvalue weighted by Crippen LogP contribution is 2.38. The molecule has 0 aromatic carbocycles. The van der Waals surface area contributed by atoms with Crippen molar-refractivity contribution in [3.63, 3.8) is 0 Å². The van der Waals surface area contributed by atoms with Gasteiger partial charge in [0.2, 0.25) is 0 Å². The van der Waals surface area contributed by atoms with Gasteiger partial charge in [-0.25, -0.2) is 9.97 Å². The highest BCUT2D eigenvalue weighted by atomic mass is 15.1. The molecule has 1 saturated carbocycles. The fourth-order valence-electron chi connectivity index (χ4n) is 1.86. The summed E-state index contributed by atoms with van der Waals surface area (Å²) in [5.41, 5.74) is 0. The van der Waals surface area contributed by atoms with Gasteiger partial charge in [0.05, 0.1) is 0 Å². The zero-order valence-electron chi connectivity index (χ0n) is 13.1. The second-order valence-electron chi connectivity index (χ2n) is 5.89. The molecule has 0 saturated heterocycles. The first kappa shape index (κ1) is 15.0. The van der Waals surface area contributed by atoms with E-state index in [1.54, 1.807) is 0 Å². The van der Waals surface area contributed by atoms with E-state index in [4.69, 9.17) is 0 Å². The second-order valence-corrected chi connectivity index (χ2v) is 5.89. The van der Waals surface area contributed by atoms with Gasteiger partial charge in [-0.15, -0.1) is 0 Å². The van der Waals surface area contributed by atoms with Crippen LogP contribution in [0, 0.1) is 0 Å². The van der Waals surface area contributed by atoms with E-state index >= 15 is 0 Å². The molecule has 0 radical (unpaired) electrons. The van der Waals surface area contributed by atoms with Crippen molar-refractivity contribution in [2.75, 3.05) is 37.8 Å². The molecule has 1 aromatic rings. The Bertz CT molecular complexity index is 428. The molecule has 1 aliphatic rings. The van der Waals surface area contributed by atoms with Gasteiger partial charge in [-0.2, -0.15) is 0 Å². The fraction of sp³-hybridized carbons (Fsp3) is 0.733. The summed E-state index contributed by atoms with van der Waals surface area (Å²) in [6.07, 6.45) is 3.55. The van der Waals surface area contributed by atoms with Gasteiger partial charge in [-0.1, -0.05) is 6.92 Å². The van der Waals surface area contributed by atoms with Crippen molar-refractivity contribution < 1.29 is 0 Å². The Hall–Kier alpha value is -1.36. The topological polar surface area (TPSA) is 53.1 Å². The van der Waals surface area contributed by atoms with E-state index < -0.39 is 0 Å². The number of nitrogens with one attached hydrogen (secondary N) is 2. The number of aromatic nitrogens is 2. The van der Waals surface area contributed by atoms with Crippen LogP contribution in [0.4, 0.5) is 11.6 Å². The molecule has 0 spiro atoms. The molecule has 20 heavy (non-hydrogen) atoms. The van der Waals surface area contributed by atoms with E-state index in [0.29, 0.717) is 12.0 Å². The number of hydrogen-bond donors (Lipinski definition) is 2. The summed E-state index contributed by atoms with van der Waals surface area (Å²) in [4.78, 5) is 11.5. The van der Waals surface area contributed by atoms with Crippen molar-refractivity contribution in [3.8, 4) is 0 Å². The molecule has 112 valence electrons. The minimum absolute atomic E-state index is 0.474. The summed E-state index contributed by atoms with van der Waals surface area (Å²) >= 11 is 0. The molecule has 1 heterocycles. The minimum atomic E-state index is 0.474. The predicted molar refractivity (Wildman–Crippen MR) is 84.4 cm³/mol. The Morgan fingerprint density at radius 2 is 1.90 bits per heavy atom. The van der Waals surface area contributed by atoms with Crippen LogP contribution in [-0.4, -0.2) is 48.1 Å². The zero-order valence-corrected chi connectivity index (χ0v) is 13.1. The zero-order chi connectivity index (χ0) is 14.5. The molecule has 1 aromatic heterocycles. The van der Waals surface area contributed by atoms with Crippen LogP contribution in [-0.2, 0) is 0 Å². The lowest BCUT2D eigenvalue weighted by molar-refractivity contribution is 0.326. The van der Waals surface area contributed by atoms with E-state index in [1.807, 2.05) is 6.07 Å². The summed E-state index contributed by atoms with van der Waals surface area (Å²) in [5.74, 6) is 3.45. The number of nitrogens with zero attached hydrogens (tertiary/aromatic N) is 3. The van der Waals surface area contributed by atoms with Gasteiger partial charge in [-0.3, -0.25) is 0 Å². The van der Waals surface area contributed by atoms with Gasteiger partial charge in [-0.05, 0) is 40.3 Å². The first-order chi connectivity index (χ1) is 9.60. The molecule has 0 aliphatic heterocycles. The van der Waals surface area contributed by atoms with Crippen LogP contribution in [0.1, 0.15) is 44.9 Å². The van der Waals surface area contributed by atoms with Crippen LogP contribution in [0.5, 0.6) is 0 Å². The van der Waals surface area contributed by atoms with Crippen molar-refractivity contribution in [1.29, 1.82) is 0 Å². The summed E-state index contributed by atoms with van der Waals surface area (Å²) in [5, 5.41) is 6.80. The van der Waals surface area contributed by atoms with Crippen molar-refractivity contribution in [2.24, 2.45) is 0 Å². The third kappa shape index (κ3) is 4.34. The molecule has 1 fully saturated rings. The Balaban J connectivity index is 2.04. The largest absolute Gasteiger partial charge is 0.370 e. The van der Waals surface area contributed by atoms with Gasteiger partial charge >= 0.3 is 0 Å². The lowest BCUT2D eigenvalue weighted by Crippen LogP contribution is -2.31. The minimum Gasteiger partial charge on any atom is -0.370 e. The molecule has 0 bridgehead atoms. The van der Waals surface area contributed by atoms with Crippen LogP contribution in [0.15, 0.2) is 6.07 Å². The van der Waals surface area contributed by atoms with E-state index in [1.165, 1.54) is 12.8 Å². The smallest absolute Gasteiger partial charge is 0.136 e. The Morgan fingerprint density at radius 1 is 1.25 bits per heavy atom. The number of anilines is 2. The van der Waals surface area contributed by atoms with Crippen molar-refractivity contribution >= 4 is 11.6 Å². The molecule has 1 unspecified atom stereocenters. The maximum absolute atomic E-state index is 4.65. The van der Waals surface area contributed by atoms with Crippen LogP contribution >= 0.6 is 0 Å². The van der Waals surface area contributed by atoms with E-state index in [0.717, 1.165) is 37.0 Å². The first-order valence-corrected chi connectivity index (χ1v) is 7.63. The van der Waals surface area contributed by atoms with Gasteiger partial charge < -0.3 is 15.5 Å². The summed E-state index contributed by atoms with van der Waals surface area (Å²) in [6.45, 7) is 6.20. The fourth-order valence-corrected chi connectivity index (χ4v) is 1.86. The maximum atomic E-state index is 4.65. The van der Waals surface area contributed by atoms with Crippen LogP contribution in [0.3, 0.4) is 0 Å². The molecule has 5 nitrogen and oxygen atoms in total. The second kappa shape index (κ2) is 6.88. The first-order valence-electron chi connectivity index (χ1n) is 7.63. The molecular weight excluding hydrogens is 250 g/mol. The SMILES string of the molecule is CCCNc1cc(NCC(C)N(C)C)nc(C2CC2)n1. The number of rotatable bonds is 8. The standard InChI is InChI=1S/C15H27N5/c1-5-8-16-13-9-14(17-10-11(2)20(3)4)19-15(18-13)12-6-7-12/h9,11-12H,5-8,10H2,1-4H3,(H2,16,17,18,19). The third-order valence-electron chi connectivity index (χ3n) is 3.70. The average molecular weight is 277 g/mol. The van der Waals surface area contributed by atoms with Crippen LogP contribution < -0.4 is 10.6 Å². The molecular formula is C15H27N5.